The van der Waals surface area contributed by atoms with Crippen molar-refractivity contribution in [2.75, 3.05) is 6.54 Å². The Kier molecular flexibility index (Phi) is 4.21. The third-order valence-electron chi connectivity index (χ3n) is 4.50. The Hall–Kier alpha value is -3.07. The van der Waals surface area contributed by atoms with E-state index in [1.165, 1.54) is 5.56 Å². The minimum Gasteiger partial charge on any atom is -0.457 e. The molecule has 1 aliphatic heterocycles. The average molecular weight is 329 g/mol. The van der Waals surface area contributed by atoms with E-state index in [0.29, 0.717) is 6.54 Å². The second-order valence-electron chi connectivity index (χ2n) is 6.14. The van der Waals surface area contributed by atoms with E-state index in [-0.39, 0.29) is 11.8 Å². The van der Waals surface area contributed by atoms with Crippen molar-refractivity contribution in [2.45, 2.75) is 12.3 Å². The van der Waals surface area contributed by atoms with Crippen LogP contribution >= 0.6 is 0 Å². The first kappa shape index (κ1) is 15.5. The largest absolute Gasteiger partial charge is 0.457 e. The van der Waals surface area contributed by atoms with Crippen LogP contribution in [0.5, 0.6) is 11.5 Å². The summed E-state index contributed by atoms with van der Waals surface area (Å²) in [4.78, 5) is 12.9. The minimum absolute atomic E-state index is 0.0131. The molecule has 0 fully saturated rings. The van der Waals surface area contributed by atoms with E-state index in [0.717, 1.165) is 29.0 Å². The predicted molar refractivity (Wildman–Crippen MR) is 98.0 cm³/mol. The average Bonchev–Trinajstić information content (AvgIpc) is 2.66. The van der Waals surface area contributed by atoms with E-state index in [9.17, 15) is 4.79 Å². The van der Waals surface area contributed by atoms with Crippen molar-refractivity contribution >= 4 is 5.91 Å². The summed E-state index contributed by atoms with van der Waals surface area (Å²) in [7, 11) is 0. The third-order valence-corrected chi connectivity index (χ3v) is 4.50. The molecule has 0 bridgehead atoms. The maximum Gasteiger partial charge on any atom is 0.232 e. The molecule has 0 saturated carbocycles. The summed E-state index contributed by atoms with van der Waals surface area (Å²) in [5.41, 5.74) is 3.05. The van der Waals surface area contributed by atoms with Crippen molar-refractivity contribution in [1.29, 1.82) is 0 Å². The highest BCUT2D eigenvalue weighted by Crippen LogP contribution is 2.43. The Morgan fingerprint density at radius 2 is 1.36 bits per heavy atom. The normalized spacial score (nSPS) is 12.6. The van der Waals surface area contributed by atoms with Crippen LogP contribution in [0.25, 0.3) is 0 Å². The van der Waals surface area contributed by atoms with Gasteiger partial charge in [0.05, 0.1) is 5.92 Å². The quantitative estimate of drug-likeness (QED) is 0.776. The van der Waals surface area contributed by atoms with Crippen LogP contribution in [0.2, 0.25) is 0 Å². The summed E-state index contributed by atoms with van der Waals surface area (Å²) in [5, 5.41) is 3.09. The van der Waals surface area contributed by atoms with Crippen molar-refractivity contribution in [2.24, 2.45) is 0 Å². The van der Waals surface area contributed by atoms with Gasteiger partial charge in [-0.25, -0.2) is 0 Å². The van der Waals surface area contributed by atoms with Crippen molar-refractivity contribution < 1.29 is 9.53 Å². The fourth-order valence-corrected chi connectivity index (χ4v) is 3.27. The first-order chi connectivity index (χ1) is 12.3. The van der Waals surface area contributed by atoms with Gasteiger partial charge in [0.2, 0.25) is 5.91 Å². The smallest absolute Gasteiger partial charge is 0.232 e. The summed E-state index contributed by atoms with van der Waals surface area (Å²) in [6.45, 7) is 0.616. The molecule has 1 amide bonds. The highest BCUT2D eigenvalue weighted by molar-refractivity contribution is 5.89. The van der Waals surface area contributed by atoms with Crippen molar-refractivity contribution in [3.63, 3.8) is 0 Å². The number of hydrogen-bond acceptors (Lipinski definition) is 2. The maximum absolute atomic E-state index is 12.9. The Labute approximate surface area is 147 Å². The van der Waals surface area contributed by atoms with Gasteiger partial charge in [-0.2, -0.15) is 0 Å². The zero-order chi connectivity index (χ0) is 17.1. The van der Waals surface area contributed by atoms with Crippen LogP contribution in [0.15, 0.2) is 78.9 Å². The molecule has 0 saturated heterocycles. The zero-order valence-corrected chi connectivity index (χ0v) is 13.8. The van der Waals surface area contributed by atoms with Gasteiger partial charge in [0.1, 0.15) is 11.5 Å². The van der Waals surface area contributed by atoms with E-state index in [1.807, 2.05) is 66.7 Å². The van der Waals surface area contributed by atoms with Gasteiger partial charge in [0.25, 0.3) is 0 Å². The molecule has 0 aromatic heterocycles. The molecular formula is C22H19NO2. The molecule has 3 heteroatoms. The molecule has 0 atom stereocenters. The fourth-order valence-electron chi connectivity index (χ4n) is 3.27. The van der Waals surface area contributed by atoms with Gasteiger partial charge < -0.3 is 10.1 Å². The van der Waals surface area contributed by atoms with Crippen LogP contribution in [0.4, 0.5) is 0 Å². The number of rotatable bonds is 4. The Morgan fingerprint density at radius 3 is 2.00 bits per heavy atom. The Morgan fingerprint density at radius 1 is 0.800 bits per heavy atom. The van der Waals surface area contributed by atoms with Crippen LogP contribution < -0.4 is 10.1 Å². The fraction of sp³-hybridized carbons (Fsp3) is 0.136. The monoisotopic (exact) mass is 329 g/mol. The number of benzene rings is 3. The van der Waals surface area contributed by atoms with E-state index >= 15 is 0 Å². The zero-order valence-electron chi connectivity index (χ0n) is 13.8. The highest BCUT2D eigenvalue weighted by atomic mass is 16.5. The molecule has 1 aliphatic rings. The van der Waals surface area contributed by atoms with E-state index in [4.69, 9.17) is 4.74 Å². The number of amides is 1. The van der Waals surface area contributed by atoms with Crippen LogP contribution in [0, 0.1) is 0 Å². The lowest BCUT2D eigenvalue weighted by Crippen LogP contribution is -2.33. The molecular weight excluding hydrogens is 310 g/mol. The van der Waals surface area contributed by atoms with Gasteiger partial charge in [-0.1, -0.05) is 66.7 Å². The molecule has 3 nitrogen and oxygen atoms in total. The van der Waals surface area contributed by atoms with Crippen LogP contribution in [-0.2, 0) is 11.2 Å². The number of nitrogens with one attached hydrogen (secondary N) is 1. The molecule has 0 aliphatic carbocycles. The lowest BCUT2D eigenvalue weighted by molar-refractivity contribution is -0.121. The minimum atomic E-state index is -0.336. The molecule has 1 heterocycles. The molecule has 3 aromatic carbocycles. The van der Waals surface area contributed by atoms with Gasteiger partial charge in [-0.05, 0) is 24.1 Å². The number of hydrogen-bond donors (Lipinski definition) is 1. The third kappa shape index (κ3) is 3.13. The molecule has 25 heavy (non-hydrogen) atoms. The van der Waals surface area contributed by atoms with Gasteiger partial charge in [0, 0.05) is 17.7 Å². The van der Waals surface area contributed by atoms with Crippen LogP contribution in [-0.4, -0.2) is 12.5 Å². The summed E-state index contributed by atoms with van der Waals surface area (Å²) in [6, 6.07) is 25.7. The Balaban J connectivity index is 1.55. The molecule has 1 N–H and O–H groups in total. The number of carbonyl (C=O) groups is 1. The lowest BCUT2D eigenvalue weighted by Gasteiger charge is -2.27. The molecule has 124 valence electrons. The first-order valence-corrected chi connectivity index (χ1v) is 8.50. The molecule has 0 radical (unpaired) electrons. The van der Waals surface area contributed by atoms with Gasteiger partial charge in [-0.15, -0.1) is 0 Å². The van der Waals surface area contributed by atoms with E-state index in [2.05, 4.69) is 17.4 Å². The second kappa shape index (κ2) is 6.81. The van der Waals surface area contributed by atoms with Crippen molar-refractivity contribution in [1.82, 2.24) is 5.32 Å². The Bertz CT molecular complexity index is 844. The molecule has 0 spiro atoms. The predicted octanol–water partition coefficient (Wildman–Crippen LogP) is 4.28. The standard InChI is InChI=1S/C22H19NO2/c24-22(23-15-14-16-8-2-1-3-9-16)21-17-10-4-6-12-19(17)25-20-13-7-5-11-18(20)21/h1-13,21H,14-15H2,(H,23,24). The van der Waals surface area contributed by atoms with Gasteiger partial charge in [-0.3, -0.25) is 4.79 Å². The number of ether oxygens (including phenoxy) is 1. The number of fused-ring (bicyclic) bond motifs is 2. The van der Waals surface area contributed by atoms with E-state index in [1.54, 1.807) is 0 Å². The second-order valence-corrected chi connectivity index (χ2v) is 6.14. The lowest BCUT2D eigenvalue weighted by atomic mass is 9.87. The van der Waals surface area contributed by atoms with Crippen LogP contribution in [0.3, 0.4) is 0 Å². The molecule has 4 rings (SSSR count). The molecule has 0 unspecified atom stereocenters. The number of carbonyl (C=O) groups excluding carboxylic acids is 1. The summed E-state index contributed by atoms with van der Waals surface area (Å²) in [6.07, 6.45) is 0.819. The summed E-state index contributed by atoms with van der Waals surface area (Å²) < 4.78 is 5.95. The van der Waals surface area contributed by atoms with E-state index < -0.39 is 0 Å². The topological polar surface area (TPSA) is 38.3 Å². The maximum atomic E-state index is 12.9. The summed E-state index contributed by atoms with van der Waals surface area (Å²) >= 11 is 0. The first-order valence-electron chi connectivity index (χ1n) is 8.50. The van der Waals surface area contributed by atoms with Gasteiger partial charge >= 0.3 is 0 Å². The highest BCUT2D eigenvalue weighted by Gasteiger charge is 2.31. The van der Waals surface area contributed by atoms with Gasteiger partial charge in [0.15, 0.2) is 0 Å². The summed E-state index contributed by atoms with van der Waals surface area (Å²) in [5.74, 6) is 1.19. The number of para-hydroxylation sites is 2. The molecule has 3 aromatic rings. The SMILES string of the molecule is O=C(NCCc1ccccc1)C1c2ccccc2Oc2ccccc21. The van der Waals surface area contributed by atoms with Crippen LogP contribution in [0.1, 0.15) is 22.6 Å². The van der Waals surface area contributed by atoms with Crippen molar-refractivity contribution in [3.8, 4) is 11.5 Å². The van der Waals surface area contributed by atoms with Crippen molar-refractivity contribution in [3.05, 3.63) is 95.6 Å².